The Bertz CT molecular complexity index is 282. The molecular weight excluding hydrogens is 236 g/mol. The lowest BCUT2D eigenvalue weighted by Crippen LogP contribution is -2.65. The fourth-order valence-corrected chi connectivity index (χ4v) is 4.28. The van der Waals surface area contributed by atoms with Crippen LogP contribution in [0.1, 0.15) is 51.9 Å². The van der Waals surface area contributed by atoms with E-state index < -0.39 is 0 Å². The number of nitrogens with zero attached hydrogens (tertiary/aromatic N) is 1. The second-order valence-electron chi connectivity index (χ2n) is 6.94. The molecule has 1 aliphatic carbocycles. The Balaban J connectivity index is 1.63. The molecule has 19 heavy (non-hydrogen) atoms. The topological polar surface area (TPSA) is 24.5 Å². The monoisotopic (exact) mass is 266 g/mol. The van der Waals surface area contributed by atoms with Crippen molar-refractivity contribution in [2.45, 2.75) is 63.5 Å². The molecular formula is C16H30N2O. The van der Waals surface area contributed by atoms with E-state index in [1.807, 2.05) is 0 Å². The third kappa shape index (κ3) is 3.14. The zero-order valence-electron chi connectivity index (χ0n) is 12.5. The number of hydrogen-bond acceptors (Lipinski definition) is 3. The first kappa shape index (κ1) is 13.8. The van der Waals surface area contributed by atoms with Crippen molar-refractivity contribution in [3.05, 3.63) is 0 Å². The van der Waals surface area contributed by atoms with E-state index in [9.17, 15) is 0 Å². The lowest BCUT2D eigenvalue weighted by molar-refractivity contribution is 0.0408. The summed E-state index contributed by atoms with van der Waals surface area (Å²) < 4.78 is 5.56. The molecule has 3 aliphatic rings. The second-order valence-corrected chi connectivity index (χ2v) is 6.94. The maximum absolute atomic E-state index is 5.56. The van der Waals surface area contributed by atoms with Crippen molar-refractivity contribution in [1.29, 1.82) is 0 Å². The van der Waals surface area contributed by atoms with Crippen molar-refractivity contribution >= 4 is 0 Å². The molecule has 0 aromatic rings. The van der Waals surface area contributed by atoms with Crippen LogP contribution in [0, 0.1) is 5.92 Å². The molecule has 1 N–H and O–H groups in total. The van der Waals surface area contributed by atoms with Gasteiger partial charge in [-0.15, -0.1) is 0 Å². The van der Waals surface area contributed by atoms with E-state index >= 15 is 0 Å². The summed E-state index contributed by atoms with van der Waals surface area (Å²) in [5.74, 6) is 0.785. The number of hydrogen-bond donors (Lipinski definition) is 1. The van der Waals surface area contributed by atoms with Gasteiger partial charge in [0.05, 0.1) is 6.61 Å². The van der Waals surface area contributed by atoms with E-state index in [-0.39, 0.29) is 0 Å². The molecule has 0 amide bonds. The quantitative estimate of drug-likeness (QED) is 0.849. The number of nitrogens with one attached hydrogen (secondary N) is 1. The summed E-state index contributed by atoms with van der Waals surface area (Å²) in [4.78, 5) is 2.79. The first-order valence-corrected chi connectivity index (χ1v) is 8.38. The summed E-state index contributed by atoms with van der Waals surface area (Å²) in [5.41, 5.74) is 0.448. The van der Waals surface area contributed by atoms with Crippen LogP contribution in [0.3, 0.4) is 0 Å². The van der Waals surface area contributed by atoms with Gasteiger partial charge in [0.15, 0.2) is 0 Å². The van der Waals surface area contributed by atoms with E-state index in [1.54, 1.807) is 0 Å². The molecule has 2 heterocycles. The van der Waals surface area contributed by atoms with E-state index in [2.05, 4.69) is 17.1 Å². The Kier molecular flexibility index (Phi) is 4.45. The Morgan fingerprint density at radius 1 is 1.26 bits per heavy atom. The van der Waals surface area contributed by atoms with Gasteiger partial charge in [0.1, 0.15) is 0 Å². The molecule has 2 aliphatic heterocycles. The minimum absolute atomic E-state index is 0.448. The van der Waals surface area contributed by atoms with Gasteiger partial charge in [-0.25, -0.2) is 0 Å². The molecule has 1 saturated carbocycles. The highest BCUT2D eigenvalue weighted by molar-refractivity contribution is 4.99. The smallest absolute Gasteiger partial charge is 0.0507 e. The Labute approximate surface area is 118 Å². The highest BCUT2D eigenvalue weighted by Crippen LogP contribution is 2.33. The van der Waals surface area contributed by atoms with Gasteiger partial charge in [0, 0.05) is 37.8 Å². The van der Waals surface area contributed by atoms with Crippen molar-refractivity contribution in [2.24, 2.45) is 5.92 Å². The standard InChI is InChI=1S/C16H30N2O/c1-2-15-10-17-16(7-4-3-5-8-16)13-18(15)11-14-6-9-19-12-14/h14-15,17H,2-13H2,1H3. The van der Waals surface area contributed by atoms with Crippen LogP contribution in [0.4, 0.5) is 0 Å². The van der Waals surface area contributed by atoms with Gasteiger partial charge in [-0.3, -0.25) is 4.90 Å². The third-order valence-corrected chi connectivity index (χ3v) is 5.53. The van der Waals surface area contributed by atoms with Crippen LogP contribution in [0.2, 0.25) is 0 Å². The number of piperazine rings is 1. The Morgan fingerprint density at radius 2 is 2.11 bits per heavy atom. The average molecular weight is 266 g/mol. The summed E-state index contributed by atoms with van der Waals surface area (Å²) in [5, 5.41) is 3.92. The van der Waals surface area contributed by atoms with Crippen LogP contribution in [0.5, 0.6) is 0 Å². The van der Waals surface area contributed by atoms with Crippen LogP contribution >= 0.6 is 0 Å². The molecule has 0 bridgehead atoms. The van der Waals surface area contributed by atoms with Gasteiger partial charge in [0.2, 0.25) is 0 Å². The van der Waals surface area contributed by atoms with E-state index in [1.165, 1.54) is 64.6 Å². The summed E-state index contributed by atoms with van der Waals surface area (Å²) >= 11 is 0. The molecule has 0 aromatic carbocycles. The number of rotatable bonds is 3. The largest absolute Gasteiger partial charge is 0.381 e. The Hall–Kier alpha value is -0.120. The van der Waals surface area contributed by atoms with Crippen LogP contribution in [-0.4, -0.2) is 49.3 Å². The van der Waals surface area contributed by atoms with Crippen molar-refractivity contribution in [3.63, 3.8) is 0 Å². The molecule has 3 nitrogen and oxygen atoms in total. The maximum atomic E-state index is 5.56. The lowest BCUT2D eigenvalue weighted by Gasteiger charge is -2.50. The average Bonchev–Trinajstić information content (AvgIpc) is 2.93. The van der Waals surface area contributed by atoms with Crippen molar-refractivity contribution in [1.82, 2.24) is 10.2 Å². The summed E-state index contributed by atoms with van der Waals surface area (Å²) in [6.45, 7) is 8.06. The van der Waals surface area contributed by atoms with Gasteiger partial charge in [-0.1, -0.05) is 26.2 Å². The minimum Gasteiger partial charge on any atom is -0.381 e. The number of ether oxygens (including phenoxy) is 1. The predicted molar refractivity (Wildman–Crippen MR) is 78.4 cm³/mol. The van der Waals surface area contributed by atoms with Crippen molar-refractivity contribution in [2.75, 3.05) is 32.8 Å². The SMILES string of the molecule is CCC1CNC2(CCCCC2)CN1CC1CCOC1. The molecule has 2 saturated heterocycles. The lowest BCUT2D eigenvalue weighted by atomic mass is 9.79. The first-order valence-electron chi connectivity index (χ1n) is 8.38. The highest BCUT2D eigenvalue weighted by atomic mass is 16.5. The molecule has 3 rings (SSSR count). The molecule has 1 spiro atoms. The normalized spacial score (nSPS) is 35.8. The molecule has 0 aromatic heterocycles. The van der Waals surface area contributed by atoms with Crippen molar-refractivity contribution in [3.8, 4) is 0 Å². The first-order chi connectivity index (χ1) is 9.31. The van der Waals surface area contributed by atoms with Gasteiger partial charge < -0.3 is 10.1 Å². The zero-order chi connectivity index (χ0) is 13.1. The van der Waals surface area contributed by atoms with Crippen LogP contribution in [0.25, 0.3) is 0 Å². The molecule has 3 heteroatoms. The highest BCUT2D eigenvalue weighted by Gasteiger charge is 2.39. The fourth-order valence-electron chi connectivity index (χ4n) is 4.28. The van der Waals surface area contributed by atoms with Crippen LogP contribution < -0.4 is 5.32 Å². The third-order valence-electron chi connectivity index (χ3n) is 5.53. The summed E-state index contributed by atoms with van der Waals surface area (Å²) in [7, 11) is 0. The molecule has 0 radical (unpaired) electrons. The van der Waals surface area contributed by atoms with Crippen molar-refractivity contribution < 1.29 is 4.74 Å². The van der Waals surface area contributed by atoms with Crippen LogP contribution in [0.15, 0.2) is 0 Å². The van der Waals surface area contributed by atoms with Crippen LogP contribution in [-0.2, 0) is 4.74 Å². The van der Waals surface area contributed by atoms with Gasteiger partial charge >= 0.3 is 0 Å². The fraction of sp³-hybridized carbons (Fsp3) is 1.00. The molecule has 2 unspecified atom stereocenters. The molecule has 110 valence electrons. The second kappa shape index (κ2) is 6.11. The molecule has 2 atom stereocenters. The van der Waals surface area contributed by atoms with E-state index in [0.29, 0.717) is 5.54 Å². The van der Waals surface area contributed by atoms with Gasteiger partial charge in [0.25, 0.3) is 0 Å². The zero-order valence-corrected chi connectivity index (χ0v) is 12.5. The van der Waals surface area contributed by atoms with Gasteiger partial charge in [-0.05, 0) is 31.6 Å². The summed E-state index contributed by atoms with van der Waals surface area (Å²) in [6.07, 6.45) is 9.61. The Morgan fingerprint density at radius 3 is 2.79 bits per heavy atom. The molecule has 3 fully saturated rings. The van der Waals surface area contributed by atoms with Gasteiger partial charge in [-0.2, -0.15) is 0 Å². The minimum atomic E-state index is 0.448. The maximum Gasteiger partial charge on any atom is 0.0507 e. The van der Waals surface area contributed by atoms with E-state index in [0.717, 1.165) is 25.2 Å². The summed E-state index contributed by atoms with van der Waals surface area (Å²) in [6, 6.07) is 0.744. The predicted octanol–water partition coefficient (Wildman–Crippen LogP) is 2.41. The van der Waals surface area contributed by atoms with E-state index in [4.69, 9.17) is 4.74 Å².